The first-order valence-electron chi connectivity index (χ1n) is 8.65. The number of benzene rings is 1. The van der Waals surface area contributed by atoms with Gasteiger partial charge in [0.05, 0.1) is 27.8 Å². The van der Waals surface area contributed by atoms with Crippen LogP contribution in [0.3, 0.4) is 0 Å². The average Bonchev–Trinajstić information content (AvgIpc) is 2.99. The molecule has 0 spiro atoms. The predicted molar refractivity (Wildman–Crippen MR) is 108 cm³/mol. The molecule has 1 saturated heterocycles. The molecular weight excluding hydrogens is 368 g/mol. The quantitative estimate of drug-likeness (QED) is 0.683. The summed E-state index contributed by atoms with van der Waals surface area (Å²) in [6, 6.07) is 9.28. The molecule has 5 heterocycles. The first kappa shape index (κ1) is 15.9. The van der Waals surface area contributed by atoms with Crippen molar-refractivity contribution in [1.29, 1.82) is 0 Å². The number of nitrogens with two attached hydrogens (primary N) is 1. The minimum Gasteiger partial charge on any atom is -0.397 e. The number of hydrogen-bond donors (Lipinski definition) is 2. The number of carbonyl (C=O) groups is 1. The van der Waals surface area contributed by atoms with Crippen molar-refractivity contribution in [3.8, 4) is 0 Å². The van der Waals surface area contributed by atoms with E-state index in [1.807, 2.05) is 12.1 Å². The maximum absolute atomic E-state index is 12.7. The van der Waals surface area contributed by atoms with Gasteiger partial charge < -0.3 is 16.0 Å². The number of pyridine rings is 1. The Kier molecular flexibility index (Phi) is 3.58. The van der Waals surface area contributed by atoms with Crippen molar-refractivity contribution >= 4 is 56.1 Å². The number of amides is 1. The SMILES string of the molecule is Nc1c(C(=O)Nc2ccccc2Cl)sc2nc3c(cc12)N1CCC3CC1. The van der Waals surface area contributed by atoms with Crippen molar-refractivity contribution in [2.75, 3.05) is 29.0 Å². The summed E-state index contributed by atoms with van der Waals surface area (Å²) in [5.74, 6) is 0.281. The third-order valence-corrected chi connectivity index (χ3v) is 6.72. The number of nitrogens with one attached hydrogen (secondary N) is 1. The number of nitrogens with zero attached hydrogens (tertiary/aromatic N) is 2. The molecule has 1 aromatic carbocycles. The fourth-order valence-electron chi connectivity index (χ4n) is 3.90. The number of piperidine rings is 1. The summed E-state index contributed by atoms with van der Waals surface area (Å²) in [7, 11) is 0. The molecule has 3 aliphatic rings. The van der Waals surface area contributed by atoms with Crippen LogP contribution in [0.25, 0.3) is 10.2 Å². The second kappa shape index (κ2) is 5.86. The third kappa shape index (κ3) is 2.36. The molecular formula is C19H17ClN4OS. The molecule has 3 aliphatic heterocycles. The van der Waals surface area contributed by atoms with E-state index in [0.717, 1.165) is 41.8 Å². The van der Waals surface area contributed by atoms with Gasteiger partial charge in [-0.1, -0.05) is 23.7 Å². The smallest absolute Gasteiger partial charge is 0.267 e. The van der Waals surface area contributed by atoms with Gasteiger partial charge in [0.25, 0.3) is 5.91 Å². The van der Waals surface area contributed by atoms with Crippen molar-refractivity contribution in [3.05, 3.63) is 45.9 Å². The standard InChI is InChI=1S/C19H17ClN4OS/c20-12-3-1-2-4-13(12)22-18(25)17-15(21)11-9-14-16(23-19(11)26-17)10-5-7-24(14)8-6-10/h1-4,9-10H,5-8,21H2,(H,22,25). The van der Waals surface area contributed by atoms with Crippen LogP contribution in [0.4, 0.5) is 17.1 Å². The number of para-hydroxylation sites is 1. The molecule has 1 amide bonds. The van der Waals surface area contributed by atoms with E-state index in [2.05, 4.69) is 16.3 Å². The van der Waals surface area contributed by atoms with Gasteiger partial charge in [-0.3, -0.25) is 4.79 Å². The molecule has 0 aliphatic carbocycles. The molecule has 3 aromatic rings. The molecule has 0 saturated carbocycles. The largest absolute Gasteiger partial charge is 0.397 e. The number of fused-ring (bicyclic) bond motifs is 3. The Bertz CT molecular complexity index is 1040. The zero-order valence-corrected chi connectivity index (χ0v) is 15.5. The van der Waals surface area contributed by atoms with Crippen molar-refractivity contribution in [2.45, 2.75) is 18.8 Å². The molecule has 3 N–H and O–H groups in total. The van der Waals surface area contributed by atoms with E-state index in [0.29, 0.717) is 27.2 Å². The first-order chi connectivity index (χ1) is 12.6. The van der Waals surface area contributed by atoms with Crippen molar-refractivity contribution in [3.63, 3.8) is 0 Å². The topological polar surface area (TPSA) is 71.2 Å². The Hall–Kier alpha value is -2.31. The summed E-state index contributed by atoms with van der Waals surface area (Å²) < 4.78 is 0. The summed E-state index contributed by atoms with van der Waals surface area (Å²) in [4.78, 5) is 21.3. The van der Waals surface area contributed by atoms with Gasteiger partial charge in [0, 0.05) is 24.4 Å². The zero-order chi connectivity index (χ0) is 17.8. The van der Waals surface area contributed by atoms with Gasteiger partial charge >= 0.3 is 0 Å². The highest BCUT2D eigenvalue weighted by Crippen LogP contribution is 2.45. The maximum Gasteiger partial charge on any atom is 0.267 e. The molecule has 2 bridgehead atoms. The Labute approximate surface area is 159 Å². The first-order valence-corrected chi connectivity index (χ1v) is 9.85. The van der Waals surface area contributed by atoms with Crippen molar-refractivity contribution in [2.24, 2.45) is 0 Å². The van der Waals surface area contributed by atoms with Gasteiger partial charge in [-0.15, -0.1) is 11.3 Å². The third-order valence-electron chi connectivity index (χ3n) is 5.28. The van der Waals surface area contributed by atoms with E-state index in [4.69, 9.17) is 22.3 Å². The number of hydrogen-bond acceptors (Lipinski definition) is 5. The lowest BCUT2D eigenvalue weighted by Gasteiger charge is -2.41. The second-order valence-corrected chi connectivity index (χ2v) is 8.19. The molecule has 132 valence electrons. The molecule has 0 unspecified atom stereocenters. The Morgan fingerprint density at radius 3 is 2.85 bits per heavy atom. The number of halogens is 1. The van der Waals surface area contributed by atoms with Crippen LogP contribution >= 0.6 is 22.9 Å². The van der Waals surface area contributed by atoms with Crippen LogP contribution in [0.1, 0.15) is 34.1 Å². The normalized spacial score (nSPS) is 16.1. The minimum absolute atomic E-state index is 0.250. The van der Waals surface area contributed by atoms with Crippen LogP contribution in [0.15, 0.2) is 30.3 Å². The van der Waals surface area contributed by atoms with E-state index >= 15 is 0 Å². The monoisotopic (exact) mass is 384 g/mol. The van der Waals surface area contributed by atoms with E-state index in [9.17, 15) is 4.79 Å². The van der Waals surface area contributed by atoms with Crippen LogP contribution in [0, 0.1) is 0 Å². The van der Waals surface area contributed by atoms with E-state index in [-0.39, 0.29) is 5.91 Å². The number of carbonyl (C=O) groups excluding carboxylic acids is 1. The lowest BCUT2D eigenvalue weighted by atomic mass is 9.86. The molecule has 0 radical (unpaired) electrons. The molecule has 0 atom stereocenters. The van der Waals surface area contributed by atoms with E-state index in [1.54, 1.807) is 12.1 Å². The van der Waals surface area contributed by atoms with Gasteiger partial charge in [0.1, 0.15) is 9.71 Å². The molecule has 6 rings (SSSR count). The van der Waals surface area contributed by atoms with Crippen LogP contribution in [0.5, 0.6) is 0 Å². The molecule has 5 nitrogen and oxygen atoms in total. The number of anilines is 3. The van der Waals surface area contributed by atoms with Gasteiger partial charge in [0.15, 0.2) is 0 Å². The van der Waals surface area contributed by atoms with Gasteiger partial charge in [-0.05, 0) is 31.0 Å². The molecule has 1 fully saturated rings. The Morgan fingerprint density at radius 1 is 1.31 bits per heavy atom. The van der Waals surface area contributed by atoms with Crippen molar-refractivity contribution < 1.29 is 4.79 Å². The van der Waals surface area contributed by atoms with Crippen LogP contribution < -0.4 is 16.0 Å². The van der Waals surface area contributed by atoms with Gasteiger partial charge in [0.2, 0.25) is 0 Å². The summed E-state index contributed by atoms with van der Waals surface area (Å²) >= 11 is 7.49. The number of nitrogen functional groups attached to an aromatic ring is 1. The molecule has 7 heteroatoms. The predicted octanol–water partition coefficient (Wildman–Crippen LogP) is 4.48. The van der Waals surface area contributed by atoms with Crippen LogP contribution in [-0.2, 0) is 0 Å². The Morgan fingerprint density at radius 2 is 2.08 bits per heavy atom. The van der Waals surface area contributed by atoms with Crippen LogP contribution in [0.2, 0.25) is 5.02 Å². The second-order valence-electron chi connectivity index (χ2n) is 6.79. The molecule has 2 aromatic heterocycles. The molecule has 26 heavy (non-hydrogen) atoms. The highest BCUT2D eigenvalue weighted by Gasteiger charge is 2.33. The van der Waals surface area contributed by atoms with Gasteiger partial charge in [-0.25, -0.2) is 4.98 Å². The summed E-state index contributed by atoms with van der Waals surface area (Å²) in [6.45, 7) is 2.16. The van der Waals surface area contributed by atoms with Gasteiger partial charge in [-0.2, -0.15) is 0 Å². The summed E-state index contributed by atoms with van der Waals surface area (Å²) in [6.07, 6.45) is 2.32. The maximum atomic E-state index is 12.7. The summed E-state index contributed by atoms with van der Waals surface area (Å²) in [5.41, 5.74) is 9.73. The van der Waals surface area contributed by atoms with Crippen molar-refractivity contribution in [1.82, 2.24) is 4.98 Å². The zero-order valence-electron chi connectivity index (χ0n) is 14.0. The minimum atomic E-state index is -0.250. The van der Waals surface area contributed by atoms with Crippen LogP contribution in [-0.4, -0.2) is 24.0 Å². The highest BCUT2D eigenvalue weighted by molar-refractivity contribution is 7.21. The van der Waals surface area contributed by atoms with E-state index in [1.165, 1.54) is 17.0 Å². The number of thiophene rings is 1. The highest BCUT2D eigenvalue weighted by atomic mass is 35.5. The lowest BCUT2D eigenvalue weighted by molar-refractivity contribution is 0.103. The van der Waals surface area contributed by atoms with E-state index < -0.39 is 0 Å². The average molecular weight is 385 g/mol. The number of aromatic nitrogens is 1. The fraction of sp³-hybridized carbons (Fsp3) is 0.263. The Balaban J connectivity index is 1.56. The fourth-order valence-corrected chi connectivity index (χ4v) is 5.06. The summed E-state index contributed by atoms with van der Waals surface area (Å²) in [5, 5.41) is 4.21. The lowest BCUT2D eigenvalue weighted by Crippen LogP contribution is -2.39. The number of rotatable bonds is 2.